The summed E-state index contributed by atoms with van der Waals surface area (Å²) >= 11 is 0. The van der Waals surface area contributed by atoms with Gasteiger partial charge in [-0.25, -0.2) is 0 Å². The molecule has 3 nitrogen and oxygen atoms in total. The first kappa shape index (κ1) is 8.88. The second-order valence-corrected chi connectivity index (χ2v) is 3.91. The molecule has 1 aliphatic rings. The van der Waals surface area contributed by atoms with Gasteiger partial charge in [-0.05, 0) is 37.1 Å². The van der Waals surface area contributed by atoms with Crippen molar-refractivity contribution in [3.05, 3.63) is 23.8 Å². The molecule has 1 N–H and O–H groups in total. The molecule has 1 unspecified atom stereocenters. The molecule has 0 spiro atoms. The maximum Gasteiger partial charge on any atom is 0.231 e. The standard InChI is InChI=1S/C13H19NO2/c1-3-11(14-4-2)7-10-5-6-12-13(8-10)16-9-15-12/h5-6,8,11,14H,3-4,7,9H2,1-2H3/i2D2. The molecule has 2 rings (SSSR count). The van der Waals surface area contributed by atoms with Gasteiger partial charge < -0.3 is 14.8 Å². The zero-order valence-electron chi connectivity index (χ0n) is 11.5. The molecule has 1 aromatic rings. The summed E-state index contributed by atoms with van der Waals surface area (Å²) < 4.78 is 25.0. The van der Waals surface area contributed by atoms with Crippen LogP contribution >= 0.6 is 0 Å². The van der Waals surface area contributed by atoms with E-state index in [1.54, 1.807) is 0 Å². The van der Waals surface area contributed by atoms with Crippen LogP contribution in [0.4, 0.5) is 0 Å². The summed E-state index contributed by atoms with van der Waals surface area (Å²) in [5.74, 6) is 1.61. The van der Waals surface area contributed by atoms with E-state index in [2.05, 4.69) is 12.2 Å². The van der Waals surface area contributed by atoms with Crippen molar-refractivity contribution in [3.63, 3.8) is 0 Å². The highest BCUT2D eigenvalue weighted by Crippen LogP contribution is 2.32. The Morgan fingerprint density at radius 1 is 1.44 bits per heavy atom. The fraction of sp³-hybridized carbons (Fsp3) is 0.538. The second-order valence-electron chi connectivity index (χ2n) is 3.91. The summed E-state index contributed by atoms with van der Waals surface area (Å²) in [6.45, 7) is 2.00. The van der Waals surface area contributed by atoms with Gasteiger partial charge in [0.1, 0.15) is 0 Å². The largest absolute Gasteiger partial charge is 0.454 e. The summed E-state index contributed by atoms with van der Waals surface area (Å²) in [5, 5.41) is 3.24. The van der Waals surface area contributed by atoms with E-state index in [4.69, 9.17) is 12.2 Å². The predicted molar refractivity (Wildman–Crippen MR) is 64.0 cm³/mol. The molecule has 88 valence electrons. The van der Waals surface area contributed by atoms with Crippen LogP contribution in [0.15, 0.2) is 18.2 Å². The van der Waals surface area contributed by atoms with E-state index >= 15 is 0 Å². The molecule has 3 heteroatoms. The normalized spacial score (nSPS) is 17.1. The number of likely N-dealkylation sites (N-methyl/N-ethyl adjacent to an activating group) is 1. The fourth-order valence-electron chi connectivity index (χ4n) is 1.88. The molecule has 0 saturated carbocycles. The highest BCUT2D eigenvalue weighted by Gasteiger charge is 2.14. The van der Waals surface area contributed by atoms with E-state index in [0.29, 0.717) is 19.4 Å². The monoisotopic (exact) mass is 223 g/mol. The van der Waals surface area contributed by atoms with Crippen LogP contribution < -0.4 is 14.8 Å². The molecule has 16 heavy (non-hydrogen) atoms. The van der Waals surface area contributed by atoms with Gasteiger partial charge in [0.15, 0.2) is 11.5 Å². The Labute approximate surface area is 99.6 Å². The van der Waals surface area contributed by atoms with Crippen molar-refractivity contribution >= 4 is 0 Å². The van der Waals surface area contributed by atoms with Gasteiger partial charge in [-0.2, -0.15) is 0 Å². The molecule has 1 aromatic carbocycles. The van der Waals surface area contributed by atoms with Crippen molar-refractivity contribution in [2.24, 2.45) is 0 Å². The highest BCUT2D eigenvalue weighted by molar-refractivity contribution is 5.44. The quantitative estimate of drug-likeness (QED) is 0.831. The van der Waals surface area contributed by atoms with Crippen LogP contribution in [0.3, 0.4) is 0 Å². The van der Waals surface area contributed by atoms with Crippen molar-refractivity contribution < 1.29 is 12.2 Å². The zero-order chi connectivity index (χ0) is 13.0. The van der Waals surface area contributed by atoms with Gasteiger partial charge >= 0.3 is 0 Å². The van der Waals surface area contributed by atoms with Gasteiger partial charge in [0.25, 0.3) is 0 Å². The molecular weight excluding hydrogens is 202 g/mol. The van der Waals surface area contributed by atoms with Gasteiger partial charge in [0.05, 0.1) is 0 Å². The maximum atomic E-state index is 7.19. The minimum atomic E-state index is -0.809. The zero-order valence-corrected chi connectivity index (χ0v) is 9.53. The number of rotatable bonds is 5. The average molecular weight is 223 g/mol. The maximum absolute atomic E-state index is 7.19. The van der Waals surface area contributed by atoms with Crippen molar-refractivity contribution in [1.82, 2.24) is 5.32 Å². The number of ether oxygens (including phenoxy) is 2. The lowest BCUT2D eigenvalue weighted by molar-refractivity contribution is 0.174. The summed E-state index contributed by atoms with van der Waals surface area (Å²) in [5.41, 5.74) is 1.19. The van der Waals surface area contributed by atoms with Crippen LogP contribution in [0.25, 0.3) is 0 Å². The van der Waals surface area contributed by atoms with Gasteiger partial charge in [-0.3, -0.25) is 0 Å². The van der Waals surface area contributed by atoms with E-state index < -0.39 is 6.88 Å². The minimum absolute atomic E-state index is 0.295. The predicted octanol–water partition coefficient (Wildman–Crippen LogP) is 2.35. The van der Waals surface area contributed by atoms with Crippen molar-refractivity contribution in [1.29, 1.82) is 0 Å². The van der Waals surface area contributed by atoms with Gasteiger partial charge in [0.2, 0.25) is 6.79 Å². The highest BCUT2D eigenvalue weighted by atomic mass is 16.7. The smallest absolute Gasteiger partial charge is 0.231 e. The van der Waals surface area contributed by atoms with Gasteiger partial charge in [-0.15, -0.1) is 0 Å². The van der Waals surface area contributed by atoms with Crippen LogP contribution in [0.1, 0.15) is 28.5 Å². The Kier molecular flexibility index (Phi) is 2.89. The van der Waals surface area contributed by atoms with Crippen LogP contribution in [-0.2, 0) is 6.42 Å². The molecular formula is C13H19NO2. The Hall–Kier alpha value is -1.22. The molecule has 0 fully saturated rings. The van der Waals surface area contributed by atoms with E-state index in [9.17, 15) is 0 Å². The summed E-state index contributed by atoms with van der Waals surface area (Å²) in [7, 11) is 0. The lowest BCUT2D eigenvalue weighted by Gasteiger charge is -2.15. The SMILES string of the molecule is [2H]C([2H])CNC(CC)Cc1ccc2c(c1)OCO2. The Balaban J connectivity index is 1.94. The molecule has 0 bridgehead atoms. The third-order valence-corrected chi connectivity index (χ3v) is 2.82. The van der Waals surface area contributed by atoms with E-state index in [0.717, 1.165) is 24.3 Å². The molecule has 0 amide bonds. The molecule has 0 aromatic heterocycles. The summed E-state index contributed by atoms with van der Waals surface area (Å²) in [4.78, 5) is 0. The number of benzene rings is 1. The van der Waals surface area contributed by atoms with E-state index in [1.165, 1.54) is 5.56 Å². The number of hydrogen-bond acceptors (Lipinski definition) is 3. The Morgan fingerprint density at radius 2 is 2.31 bits per heavy atom. The first-order valence-electron chi connectivity index (χ1n) is 6.81. The minimum Gasteiger partial charge on any atom is -0.454 e. The third-order valence-electron chi connectivity index (χ3n) is 2.82. The molecule has 0 radical (unpaired) electrons. The first-order valence-corrected chi connectivity index (χ1v) is 5.65. The second kappa shape index (κ2) is 5.21. The van der Waals surface area contributed by atoms with Crippen molar-refractivity contribution in [3.8, 4) is 11.5 Å². The van der Waals surface area contributed by atoms with E-state index in [1.807, 2.05) is 18.2 Å². The third kappa shape index (κ3) is 2.47. The topological polar surface area (TPSA) is 30.5 Å². The summed E-state index contributed by atoms with van der Waals surface area (Å²) in [6, 6.07) is 6.27. The van der Waals surface area contributed by atoms with Crippen LogP contribution in [0.5, 0.6) is 11.5 Å². The molecule has 1 aliphatic heterocycles. The lowest BCUT2D eigenvalue weighted by Crippen LogP contribution is -2.30. The first-order chi connectivity index (χ1) is 8.69. The van der Waals surface area contributed by atoms with Crippen LogP contribution in [0.2, 0.25) is 0 Å². The average Bonchev–Trinajstić information content (AvgIpc) is 2.81. The Morgan fingerprint density at radius 3 is 3.12 bits per heavy atom. The van der Waals surface area contributed by atoms with Crippen LogP contribution in [0, 0.1) is 0 Å². The van der Waals surface area contributed by atoms with Crippen molar-refractivity contribution in [2.45, 2.75) is 32.7 Å². The van der Waals surface area contributed by atoms with Crippen LogP contribution in [-0.4, -0.2) is 19.4 Å². The number of nitrogens with one attached hydrogen (secondary N) is 1. The van der Waals surface area contributed by atoms with Gasteiger partial charge in [-0.1, -0.05) is 19.9 Å². The number of hydrogen-bond donors (Lipinski definition) is 1. The van der Waals surface area contributed by atoms with E-state index in [-0.39, 0.29) is 0 Å². The fourth-order valence-corrected chi connectivity index (χ4v) is 1.88. The van der Waals surface area contributed by atoms with Crippen molar-refractivity contribution in [2.75, 3.05) is 13.3 Å². The molecule has 1 heterocycles. The molecule has 0 aliphatic carbocycles. The Bertz CT molecular complexity index is 399. The van der Waals surface area contributed by atoms with Gasteiger partial charge in [0, 0.05) is 8.78 Å². The number of fused-ring (bicyclic) bond motifs is 1. The summed E-state index contributed by atoms with van der Waals surface area (Å²) in [6.07, 6.45) is 1.85. The lowest BCUT2D eigenvalue weighted by atomic mass is 10.0. The molecule has 0 saturated heterocycles. The molecule has 1 atom stereocenters.